The van der Waals surface area contributed by atoms with Gasteiger partial charge in [0.05, 0.1) is 20.7 Å². The SMILES string of the molecule is Cc1ccccc1C(c1ccccc1)[N+](C)(C)CCO. The molecule has 0 fully saturated rings. The lowest BCUT2D eigenvalue weighted by Gasteiger charge is -2.39. The van der Waals surface area contributed by atoms with Gasteiger partial charge >= 0.3 is 0 Å². The van der Waals surface area contributed by atoms with Gasteiger partial charge in [0.25, 0.3) is 0 Å². The van der Waals surface area contributed by atoms with Crippen molar-refractivity contribution in [2.45, 2.75) is 13.0 Å². The fourth-order valence-corrected chi connectivity index (χ4v) is 2.88. The van der Waals surface area contributed by atoms with Crippen LogP contribution in [0.15, 0.2) is 54.6 Å². The highest BCUT2D eigenvalue weighted by molar-refractivity contribution is 5.35. The van der Waals surface area contributed by atoms with E-state index in [9.17, 15) is 5.11 Å². The Morgan fingerprint density at radius 2 is 1.55 bits per heavy atom. The second-order valence-electron chi connectivity index (χ2n) is 5.90. The summed E-state index contributed by atoms with van der Waals surface area (Å²) in [4.78, 5) is 0. The Kier molecular flexibility index (Phi) is 4.58. The minimum atomic E-state index is 0.197. The normalized spacial score (nSPS) is 13.2. The van der Waals surface area contributed by atoms with Crippen LogP contribution in [-0.2, 0) is 0 Å². The summed E-state index contributed by atoms with van der Waals surface area (Å²) in [5, 5.41) is 9.40. The average molecular weight is 270 g/mol. The lowest BCUT2D eigenvalue weighted by Crippen LogP contribution is -2.45. The Hall–Kier alpha value is -1.64. The molecule has 0 aliphatic rings. The van der Waals surface area contributed by atoms with Gasteiger partial charge in [0, 0.05) is 11.1 Å². The second kappa shape index (κ2) is 6.21. The molecular weight excluding hydrogens is 246 g/mol. The fourth-order valence-electron chi connectivity index (χ4n) is 2.88. The summed E-state index contributed by atoms with van der Waals surface area (Å²) < 4.78 is 0.741. The summed E-state index contributed by atoms with van der Waals surface area (Å²) in [6, 6.07) is 19.3. The van der Waals surface area contributed by atoms with Crippen LogP contribution in [0.1, 0.15) is 22.7 Å². The molecule has 1 N–H and O–H groups in total. The molecule has 0 spiro atoms. The molecule has 0 aromatic heterocycles. The summed E-state index contributed by atoms with van der Waals surface area (Å²) in [7, 11) is 4.36. The molecule has 2 aromatic carbocycles. The number of hydrogen-bond acceptors (Lipinski definition) is 1. The Bertz CT molecular complexity index is 548. The number of rotatable bonds is 5. The van der Waals surface area contributed by atoms with Crippen LogP contribution in [0.4, 0.5) is 0 Å². The molecule has 1 unspecified atom stereocenters. The van der Waals surface area contributed by atoms with Crippen molar-refractivity contribution < 1.29 is 9.59 Å². The lowest BCUT2D eigenvalue weighted by atomic mass is 9.92. The molecule has 0 heterocycles. The van der Waals surface area contributed by atoms with Crippen LogP contribution in [0.3, 0.4) is 0 Å². The fraction of sp³-hybridized carbons (Fsp3) is 0.333. The van der Waals surface area contributed by atoms with Crippen LogP contribution < -0.4 is 0 Å². The zero-order valence-electron chi connectivity index (χ0n) is 12.6. The maximum atomic E-state index is 9.40. The van der Waals surface area contributed by atoms with Gasteiger partial charge < -0.3 is 9.59 Å². The Labute approximate surface area is 121 Å². The van der Waals surface area contributed by atoms with E-state index in [-0.39, 0.29) is 12.6 Å². The molecule has 2 nitrogen and oxygen atoms in total. The maximum Gasteiger partial charge on any atom is 0.140 e. The summed E-state index contributed by atoms with van der Waals surface area (Å²) in [6.07, 6.45) is 0. The van der Waals surface area contributed by atoms with Crippen LogP contribution in [0.5, 0.6) is 0 Å². The molecule has 106 valence electrons. The number of quaternary nitrogens is 1. The largest absolute Gasteiger partial charge is 0.391 e. The first-order chi connectivity index (χ1) is 9.56. The van der Waals surface area contributed by atoms with Gasteiger partial charge in [-0.25, -0.2) is 0 Å². The number of hydrogen-bond donors (Lipinski definition) is 1. The summed E-state index contributed by atoms with van der Waals surface area (Å²) in [6.45, 7) is 3.08. The van der Waals surface area contributed by atoms with Crippen LogP contribution in [0, 0.1) is 6.92 Å². The van der Waals surface area contributed by atoms with Crippen LogP contribution in [-0.4, -0.2) is 36.8 Å². The molecule has 0 bridgehead atoms. The van der Waals surface area contributed by atoms with Crippen molar-refractivity contribution in [2.75, 3.05) is 27.2 Å². The van der Waals surface area contributed by atoms with Gasteiger partial charge in [0.2, 0.25) is 0 Å². The van der Waals surface area contributed by atoms with Crippen molar-refractivity contribution in [1.29, 1.82) is 0 Å². The molecule has 0 aliphatic carbocycles. The number of aliphatic hydroxyl groups is 1. The van der Waals surface area contributed by atoms with Gasteiger partial charge in [-0.15, -0.1) is 0 Å². The highest BCUT2D eigenvalue weighted by Crippen LogP contribution is 2.33. The molecule has 0 amide bonds. The molecule has 20 heavy (non-hydrogen) atoms. The minimum absolute atomic E-state index is 0.197. The Morgan fingerprint density at radius 1 is 0.950 bits per heavy atom. The monoisotopic (exact) mass is 270 g/mol. The highest BCUT2D eigenvalue weighted by Gasteiger charge is 2.31. The zero-order chi connectivity index (χ0) is 14.6. The van der Waals surface area contributed by atoms with Gasteiger partial charge in [0.1, 0.15) is 12.6 Å². The van der Waals surface area contributed by atoms with E-state index in [1.165, 1.54) is 16.7 Å². The molecule has 0 aliphatic heterocycles. The number of aliphatic hydroxyl groups excluding tert-OH is 1. The van der Waals surface area contributed by atoms with Crippen molar-refractivity contribution >= 4 is 0 Å². The number of nitrogens with zero attached hydrogens (tertiary/aromatic N) is 1. The van der Waals surface area contributed by atoms with E-state index in [0.29, 0.717) is 0 Å². The number of likely N-dealkylation sites (N-methyl/N-ethyl adjacent to an activating group) is 1. The van der Waals surface area contributed by atoms with Crippen molar-refractivity contribution in [3.8, 4) is 0 Å². The van der Waals surface area contributed by atoms with Gasteiger partial charge in [-0.2, -0.15) is 0 Å². The van der Waals surface area contributed by atoms with E-state index in [4.69, 9.17) is 0 Å². The molecule has 0 saturated heterocycles. The highest BCUT2D eigenvalue weighted by atomic mass is 16.3. The van der Waals surface area contributed by atoms with Crippen LogP contribution in [0.2, 0.25) is 0 Å². The second-order valence-corrected chi connectivity index (χ2v) is 5.90. The summed E-state index contributed by atoms with van der Waals surface area (Å²) in [5.41, 5.74) is 3.92. The average Bonchev–Trinajstić information content (AvgIpc) is 2.42. The summed E-state index contributed by atoms with van der Waals surface area (Å²) in [5.74, 6) is 0. The molecule has 2 aromatic rings. The number of aryl methyl sites for hydroxylation is 1. The predicted molar refractivity (Wildman–Crippen MR) is 83.5 cm³/mol. The molecule has 0 saturated carbocycles. The van der Waals surface area contributed by atoms with E-state index < -0.39 is 0 Å². The predicted octanol–water partition coefficient (Wildman–Crippen LogP) is 3.15. The smallest absolute Gasteiger partial charge is 0.140 e. The lowest BCUT2D eigenvalue weighted by molar-refractivity contribution is -0.915. The maximum absolute atomic E-state index is 9.40. The zero-order valence-corrected chi connectivity index (χ0v) is 12.6. The molecule has 0 radical (unpaired) electrons. The topological polar surface area (TPSA) is 20.2 Å². The van der Waals surface area contributed by atoms with E-state index in [1.54, 1.807) is 0 Å². The third-order valence-corrected chi connectivity index (χ3v) is 3.97. The van der Waals surface area contributed by atoms with E-state index in [2.05, 4.69) is 69.6 Å². The van der Waals surface area contributed by atoms with Crippen LogP contribution >= 0.6 is 0 Å². The molecule has 2 rings (SSSR count). The van der Waals surface area contributed by atoms with Gasteiger partial charge in [-0.1, -0.05) is 54.6 Å². The van der Waals surface area contributed by atoms with Crippen molar-refractivity contribution in [3.05, 3.63) is 71.3 Å². The van der Waals surface area contributed by atoms with Crippen molar-refractivity contribution in [1.82, 2.24) is 0 Å². The third-order valence-electron chi connectivity index (χ3n) is 3.97. The van der Waals surface area contributed by atoms with Crippen molar-refractivity contribution in [2.24, 2.45) is 0 Å². The standard InChI is InChI=1S/C18H24NO/c1-15-9-7-8-12-17(15)18(19(2,3)13-14-20)16-10-5-4-6-11-16/h4-12,18,20H,13-14H2,1-3H3/q+1. The first-order valence-electron chi connectivity index (χ1n) is 7.10. The Balaban J connectivity index is 2.53. The minimum Gasteiger partial charge on any atom is -0.391 e. The number of benzene rings is 2. The van der Waals surface area contributed by atoms with Crippen LogP contribution in [0.25, 0.3) is 0 Å². The van der Waals surface area contributed by atoms with Crippen molar-refractivity contribution in [3.63, 3.8) is 0 Å². The van der Waals surface area contributed by atoms with E-state index in [0.717, 1.165) is 11.0 Å². The molecule has 1 atom stereocenters. The first kappa shape index (κ1) is 14.8. The summed E-state index contributed by atoms with van der Waals surface area (Å²) >= 11 is 0. The molecular formula is C18H24NO+. The van der Waals surface area contributed by atoms with E-state index >= 15 is 0 Å². The Morgan fingerprint density at radius 3 is 2.15 bits per heavy atom. The molecule has 2 heteroatoms. The van der Waals surface area contributed by atoms with E-state index in [1.807, 2.05) is 6.07 Å². The quantitative estimate of drug-likeness (QED) is 0.828. The first-order valence-corrected chi connectivity index (χ1v) is 7.10. The third kappa shape index (κ3) is 3.09. The van der Waals surface area contributed by atoms with Gasteiger partial charge in [-0.3, -0.25) is 0 Å². The van der Waals surface area contributed by atoms with Gasteiger partial charge in [-0.05, 0) is 12.5 Å². The van der Waals surface area contributed by atoms with Gasteiger partial charge in [0.15, 0.2) is 0 Å².